The van der Waals surface area contributed by atoms with Crippen molar-refractivity contribution in [2.45, 2.75) is 25.3 Å². The Labute approximate surface area is 80.7 Å². The maximum atomic E-state index is 8.90. The van der Waals surface area contributed by atoms with Crippen LogP contribution < -0.4 is 5.32 Å². The Bertz CT molecular complexity index is 179. The second-order valence-corrected chi connectivity index (χ2v) is 4.06. The van der Waals surface area contributed by atoms with Crippen molar-refractivity contribution in [2.75, 3.05) is 27.2 Å². The third-order valence-corrected chi connectivity index (χ3v) is 2.68. The molecule has 13 heavy (non-hydrogen) atoms. The zero-order valence-corrected chi connectivity index (χ0v) is 8.58. The molecule has 0 saturated heterocycles. The Kier molecular flexibility index (Phi) is 4.20. The molecule has 0 bridgehead atoms. The number of rotatable bonds is 5. The average Bonchev–Trinajstić information content (AvgIpc) is 1.98. The number of hydrogen-bond acceptors (Lipinski definition) is 3. The van der Waals surface area contributed by atoms with Gasteiger partial charge in [0, 0.05) is 13.1 Å². The van der Waals surface area contributed by atoms with Crippen molar-refractivity contribution in [3.05, 3.63) is 0 Å². The molecule has 0 amide bonds. The van der Waals surface area contributed by atoms with E-state index >= 15 is 0 Å². The Morgan fingerprint density at radius 3 is 2.62 bits per heavy atom. The Balaban J connectivity index is 2.13. The summed E-state index contributed by atoms with van der Waals surface area (Å²) in [5.41, 5.74) is 0. The molecule has 1 N–H and O–H groups in total. The molecule has 0 radical (unpaired) electrons. The van der Waals surface area contributed by atoms with Crippen LogP contribution in [0.3, 0.4) is 0 Å². The van der Waals surface area contributed by atoms with E-state index in [1.165, 1.54) is 19.3 Å². The fourth-order valence-corrected chi connectivity index (χ4v) is 1.53. The molecule has 0 spiro atoms. The van der Waals surface area contributed by atoms with E-state index in [9.17, 15) is 0 Å². The van der Waals surface area contributed by atoms with Crippen LogP contribution in [-0.2, 0) is 0 Å². The summed E-state index contributed by atoms with van der Waals surface area (Å²) >= 11 is 0. The van der Waals surface area contributed by atoms with Crippen molar-refractivity contribution in [1.82, 2.24) is 10.2 Å². The van der Waals surface area contributed by atoms with Crippen LogP contribution in [0.4, 0.5) is 0 Å². The van der Waals surface area contributed by atoms with E-state index in [0.717, 1.165) is 13.1 Å². The van der Waals surface area contributed by atoms with Gasteiger partial charge in [0.15, 0.2) is 0 Å². The third kappa shape index (κ3) is 3.33. The molecule has 3 heteroatoms. The molecule has 74 valence electrons. The van der Waals surface area contributed by atoms with Gasteiger partial charge in [0.2, 0.25) is 0 Å². The summed E-state index contributed by atoms with van der Waals surface area (Å²) in [6.45, 7) is 1.92. The van der Waals surface area contributed by atoms with E-state index in [2.05, 4.69) is 16.3 Å². The van der Waals surface area contributed by atoms with Gasteiger partial charge in [0.1, 0.15) is 0 Å². The summed E-state index contributed by atoms with van der Waals surface area (Å²) in [5.74, 6) is 0.618. The SMILES string of the molecule is CN(C)CCNC(C#N)C1CCC1. The summed E-state index contributed by atoms with van der Waals surface area (Å²) < 4.78 is 0. The lowest BCUT2D eigenvalue weighted by molar-refractivity contribution is 0.257. The van der Waals surface area contributed by atoms with E-state index in [-0.39, 0.29) is 6.04 Å². The fraction of sp³-hybridized carbons (Fsp3) is 0.900. The Morgan fingerprint density at radius 2 is 2.23 bits per heavy atom. The van der Waals surface area contributed by atoms with Gasteiger partial charge in [0.05, 0.1) is 12.1 Å². The predicted octanol–water partition coefficient (Wildman–Crippen LogP) is 0.830. The second kappa shape index (κ2) is 5.21. The molecule has 1 atom stereocenters. The second-order valence-electron chi connectivity index (χ2n) is 4.06. The lowest BCUT2D eigenvalue weighted by atomic mass is 9.80. The van der Waals surface area contributed by atoms with E-state index in [1.54, 1.807) is 0 Å². The van der Waals surface area contributed by atoms with Crippen LogP contribution in [0.5, 0.6) is 0 Å². The minimum absolute atomic E-state index is 0.0914. The first-order chi connectivity index (χ1) is 6.24. The molecule has 1 saturated carbocycles. The zero-order chi connectivity index (χ0) is 9.68. The van der Waals surface area contributed by atoms with Crippen LogP contribution in [0.1, 0.15) is 19.3 Å². The molecular formula is C10H19N3. The molecule has 0 aliphatic heterocycles. The maximum Gasteiger partial charge on any atom is 0.0981 e. The fourth-order valence-electron chi connectivity index (χ4n) is 1.53. The van der Waals surface area contributed by atoms with E-state index in [4.69, 9.17) is 5.26 Å². The van der Waals surface area contributed by atoms with Crippen LogP contribution in [0.2, 0.25) is 0 Å². The summed E-state index contributed by atoms with van der Waals surface area (Å²) in [7, 11) is 4.10. The molecular weight excluding hydrogens is 162 g/mol. The molecule has 1 rings (SSSR count). The van der Waals surface area contributed by atoms with Crippen LogP contribution in [-0.4, -0.2) is 38.1 Å². The molecule has 0 aromatic rings. The summed E-state index contributed by atoms with van der Waals surface area (Å²) in [6, 6.07) is 2.44. The first-order valence-electron chi connectivity index (χ1n) is 5.01. The van der Waals surface area contributed by atoms with Crippen molar-refractivity contribution >= 4 is 0 Å². The van der Waals surface area contributed by atoms with Gasteiger partial charge in [-0.3, -0.25) is 0 Å². The van der Waals surface area contributed by atoms with E-state index in [1.807, 2.05) is 14.1 Å². The molecule has 1 aliphatic rings. The first kappa shape index (κ1) is 10.5. The summed E-state index contributed by atoms with van der Waals surface area (Å²) in [4.78, 5) is 2.13. The maximum absolute atomic E-state index is 8.90. The monoisotopic (exact) mass is 181 g/mol. The predicted molar refractivity (Wildman–Crippen MR) is 53.3 cm³/mol. The molecule has 1 fully saturated rings. The topological polar surface area (TPSA) is 39.1 Å². The van der Waals surface area contributed by atoms with Crippen molar-refractivity contribution in [2.24, 2.45) is 5.92 Å². The van der Waals surface area contributed by atoms with Gasteiger partial charge in [-0.15, -0.1) is 0 Å². The zero-order valence-electron chi connectivity index (χ0n) is 8.58. The smallest absolute Gasteiger partial charge is 0.0981 e. The molecule has 0 aromatic heterocycles. The molecule has 3 nitrogen and oxygen atoms in total. The van der Waals surface area contributed by atoms with Crippen molar-refractivity contribution in [3.8, 4) is 6.07 Å². The molecule has 1 unspecified atom stereocenters. The number of likely N-dealkylation sites (N-methyl/N-ethyl adjacent to an activating group) is 1. The summed E-state index contributed by atoms with van der Waals surface area (Å²) in [6.07, 6.45) is 3.76. The Morgan fingerprint density at radius 1 is 1.54 bits per heavy atom. The lowest BCUT2D eigenvalue weighted by Gasteiger charge is -2.30. The largest absolute Gasteiger partial charge is 0.308 e. The highest BCUT2D eigenvalue weighted by Crippen LogP contribution is 2.29. The molecule has 1 aliphatic carbocycles. The van der Waals surface area contributed by atoms with Crippen LogP contribution in [0.15, 0.2) is 0 Å². The Hall–Kier alpha value is -0.590. The minimum Gasteiger partial charge on any atom is -0.308 e. The van der Waals surface area contributed by atoms with Crippen molar-refractivity contribution in [1.29, 1.82) is 5.26 Å². The van der Waals surface area contributed by atoms with Gasteiger partial charge in [-0.05, 0) is 32.9 Å². The highest BCUT2D eigenvalue weighted by Gasteiger charge is 2.26. The van der Waals surface area contributed by atoms with Gasteiger partial charge in [-0.25, -0.2) is 0 Å². The highest BCUT2D eigenvalue weighted by atomic mass is 15.1. The molecule has 0 aromatic carbocycles. The van der Waals surface area contributed by atoms with Gasteiger partial charge in [-0.2, -0.15) is 5.26 Å². The van der Waals surface area contributed by atoms with Gasteiger partial charge in [0.25, 0.3) is 0 Å². The normalized spacial score (nSPS) is 19.5. The number of nitrogens with zero attached hydrogens (tertiary/aromatic N) is 2. The average molecular weight is 181 g/mol. The number of hydrogen-bond donors (Lipinski definition) is 1. The van der Waals surface area contributed by atoms with Gasteiger partial charge >= 0.3 is 0 Å². The third-order valence-electron chi connectivity index (χ3n) is 2.68. The van der Waals surface area contributed by atoms with Gasteiger partial charge in [-0.1, -0.05) is 6.42 Å². The van der Waals surface area contributed by atoms with Crippen LogP contribution >= 0.6 is 0 Å². The minimum atomic E-state index is 0.0914. The quantitative estimate of drug-likeness (QED) is 0.683. The van der Waals surface area contributed by atoms with Crippen molar-refractivity contribution in [3.63, 3.8) is 0 Å². The van der Waals surface area contributed by atoms with Crippen molar-refractivity contribution < 1.29 is 0 Å². The number of nitriles is 1. The summed E-state index contributed by atoms with van der Waals surface area (Å²) in [5, 5.41) is 12.2. The van der Waals surface area contributed by atoms with E-state index < -0.39 is 0 Å². The van der Waals surface area contributed by atoms with E-state index in [0.29, 0.717) is 5.92 Å². The lowest BCUT2D eigenvalue weighted by Crippen LogP contribution is -2.41. The van der Waals surface area contributed by atoms with Crippen LogP contribution in [0.25, 0.3) is 0 Å². The first-order valence-corrected chi connectivity index (χ1v) is 5.01. The van der Waals surface area contributed by atoms with Crippen LogP contribution in [0, 0.1) is 17.2 Å². The van der Waals surface area contributed by atoms with Gasteiger partial charge < -0.3 is 10.2 Å². The highest BCUT2D eigenvalue weighted by molar-refractivity contribution is 4.97. The number of nitrogens with one attached hydrogen (secondary N) is 1. The standard InChI is InChI=1S/C10H19N3/c1-13(2)7-6-12-10(8-11)9-4-3-5-9/h9-10,12H,3-7H2,1-2H3. The molecule has 0 heterocycles.